The summed E-state index contributed by atoms with van der Waals surface area (Å²) in [4.78, 5) is 17.9. The van der Waals surface area contributed by atoms with Crippen LogP contribution in [0.5, 0.6) is 5.75 Å². The fourth-order valence-electron chi connectivity index (χ4n) is 3.78. The number of hydrogen-bond donors (Lipinski definition) is 1. The lowest BCUT2D eigenvalue weighted by atomic mass is 9.95. The van der Waals surface area contributed by atoms with E-state index in [4.69, 9.17) is 14.6 Å². The lowest BCUT2D eigenvalue weighted by Crippen LogP contribution is -2.30. The van der Waals surface area contributed by atoms with Crippen LogP contribution in [-0.4, -0.2) is 33.1 Å². The van der Waals surface area contributed by atoms with Crippen molar-refractivity contribution in [2.24, 2.45) is 0 Å². The topological polar surface area (TPSA) is 78.3 Å². The fraction of sp³-hybridized carbons (Fsp3) is 0.346. The van der Waals surface area contributed by atoms with Crippen LogP contribution in [0.3, 0.4) is 0 Å². The summed E-state index contributed by atoms with van der Waals surface area (Å²) in [5.41, 5.74) is 3.11. The molecule has 2 heterocycles. The Bertz CT molecular complexity index is 1160. The molecule has 0 saturated heterocycles. The number of ether oxygens (including phenoxy) is 2. The minimum atomic E-state index is -0.518. The molecule has 2 aromatic carbocycles. The summed E-state index contributed by atoms with van der Waals surface area (Å²) in [6.45, 7) is 6.75. The number of hydrogen-bond acceptors (Lipinski definition) is 7. The maximum atomic E-state index is 13.2. The Labute approximate surface area is 204 Å². The van der Waals surface area contributed by atoms with E-state index in [9.17, 15) is 4.79 Å². The highest BCUT2D eigenvalue weighted by Gasteiger charge is 2.36. The number of thioether (sulfide) groups is 1. The average Bonchev–Trinajstić information content (AvgIpc) is 3.27. The molecule has 1 aromatic heterocycles. The molecule has 3 aromatic rings. The van der Waals surface area contributed by atoms with Crippen molar-refractivity contribution in [2.45, 2.75) is 51.4 Å². The second-order valence-electron chi connectivity index (χ2n) is 8.03. The van der Waals surface area contributed by atoms with Crippen molar-refractivity contribution in [3.8, 4) is 5.75 Å². The van der Waals surface area contributed by atoms with Gasteiger partial charge < -0.3 is 14.8 Å². The summed E-state index contributed by atoms with van der Waals surface area (Å²) in [5.74, 6) is 1.85. The maximum Gasteiger partial charge on any atom is 0.338 e. The lowest BCUT2D eigenvalue weighted by molar-refractivity contribution is -0.139. The number of fused-ring (bicyclic) bond motifs is 1. The number of para-hydroxylation sites is 1. The van der Waals surface area contributed by atoms with Crippen LogP contribution in [0.4, 0.5) is 5.95 Å². The Balaban J connectivity index is 1.75. The normalized spacial score (nSPS) is 15.0. The van der Waals surface area contributed by atoms with Gasteiger partial charge in [0.15, 0.2) is 0 Å². The lowest BCUT2D eigenvalue weighted by Gasteiger charge is -2.29. The van der Waals surface area contributed by atoms with E-state index in [-0.39, 0.29) is 5.97 Å². The second kappa shape index (κ2) is 11.2. The van der Waals surface area contributed by atoms with Crippen molar-refractivity contribution in [1.82, 2.24) is 14.8 Å². The molecule has 0 spiro atoms. The molecule has 0 fully saturated rings. The van der Waals surface area contributed by atoms with Gasteiger partial charge in [-0.3, -0.25) is 0 Å². The number of nitrogens with zero attached hydrogens (tertiary/aromatic N) is 3. The molecule has 0 radical (unpaired) electrons. The Morgan fingerprint density at radius 2 is 1.85 bits per heavy atom. The number of rotatable bonds is 10. The van der Waals surface area contributed by atoms with E-state index in [1.807, 2.05) is 68.4 Å². The second-order valence-corrected chi connectivity index (χ2v) is 9.09. The van der Waals surface area contributed by atoms with Gasteiger partial charge in [-0.1, -0.05) is 74.1 Å². The van der Waals surface area contributed by atoms with Crippen LogP contribution in [0.2, 0.25) is 0 Å². The zero-order valence-electron chi connectivity index (χ0n) is 19.8. The molecule has 0 aliphatic carbocycles. The minimum absolute atomic E-state index is 0.357. The van der Waals surface area contributed by atoms with Crippen LogP contribution >= 0.6 is 11.8 Å². The van der Waals surface area contributed by atoms with Crippen LogP contribution in [0.1, 0.15) is 50.8 Å². The molecule has 0 bridgehead atoms. The highest BCUT2D eigenvalue weighted by atomic mass is 32.2. The van der Waals surface area contributed by atoms with Crippen LogP contribution in [0.15, 0.2) is 71.0 Å². The molecule has 4 rings (SSSR count). The van der Waals surface area contributed by atoms with E-state index in [0.29, 0.717) is 41.3 Å². The SMILES string of the molecule is CCCOC(=O)C1=C(C)Nc2nc(SCCC)nn2C1c1ccccc1OCc1ccccc1. The van der Waals surface area contributed by atoms with Gasteiger partial charge >= 0.3 is 5.97 Å². The van der Waals surface area contributed by atoms with Gasteiger partial charge in [0, 0.05) is 17.0 Å². The zero-order chi connectivity index (χ0) is 23.9. The third kappa shape index (κ3) is 5.28. The van der Waals surface area contributed by atoms with Gasteiger partial charge in [-0.2, -0.15) is 4.98 Å². The van der Waals surface area contributed by atoms with Gasteiger partial charge in [-0.05, 0) is 31.4 Å². The largest absolute Gasteiger partial charge is 0.489 e. The zero-order valence-corrected chi connectivity index (χ0v) is 20.6. The van der Waals surface area contributed by atoms with E-state index in [2.05, 4.69) is 17.2 Å². The molecule has 1 aliphatic heterocycles. The first-order valence-corrected chi connectivity index (χ1v) is 12.6. The number of anilines is 1. The number of nitrogens with one attached hydrogen (secondary N) is 1. The number of allylic oxidation sites excluding steroid dienone is 1. The first kappa shape index (κ1) is 23.9. The molecule has 178 valence electrons. The van der Waals surface area contributed by atoms with Crippen LogP contribution < -0.4 is 10.1 Å². The number of esters is 1. The summed E-state index contributed by atoms with van der Waals surface area (Å²) in [7, 11) is 0. The number of carbonyl (C=O) groups excluding carboxylic acids is 1. The molecule has 34 heavy (non-hydrogen) atoms. The minimum Gasteiger partial charge on any atom is -0.489 e. The van der Waals surface area contributed by atoms with Gasteiger partial charge in [-0.25, -0.2) is 9.48 Å². The van der Waals surface area contributed by atoms with Crippen molar-refractivity contribution in [3.05, 3.63) is 77.0 Å². The van der Waals surface area contributed by atoms with E-state index in [1.165, 1.54) is 0 Å². The Morgan fingerprint density at radius 1 is 1.09 bits per heavy atom. The molecular formula is C26H30N4O3S. The molecule has 0 saturated carbocycles. The monoisotopic (exact) mass is 478 g/mol. The van der Waals surface area contributed by atoms with Crippen molar-refractivity contribution in [3.63, 3.8) is 0 Å². The Kier molecular flexibility index (Phi) is 7.90. The first-order chi connectivity index (χ1) is 16.6. The number of aromatic nitrogens is 3. The smallest absolute Gasteiger partial charge is 0.338 e. The highest BCUT2D eigenvalue weighted by Crippen LogP contribution is 2.40. The van der Waals surface area contributed by atoms with Crippen LogP contribution in [0, 0.1) is 0 Å². The molecule has 1 N–H and O–H groups in total. The Hall–Kier alpha value is -3.26. The van der Waals surface area contributed by atoms with Crippen LogP contribution in [0.25, 0.3) is 0 Å². The average molecular weight is 479 g/mol. The van der Waals surface area contributed by atoms with Crippen molar-refractivity contribution >= 4 is 23.7 Å². The predicted octanol–water partition coefficient (Wildman–Crippen LogP) is 5.60. The maximum absolute atomic E-state index is 13.2. The van der Waals surface area contributed by atoms with Crippen LogP contribution in [-0.2, 0) is 16.1 Å². The standard InChI is InChI=1S/C26H30N4O3S/c1-4-15-32-24(31)22-18(3)27-25-28-26(34-16-5-2)29-30(25)23(22)20-13-9-10-14-21(20)33-17-19-11-7-6-8-12-19/h6-14,23H,4-5,15-17H2,1-3H3,(H,27,28,29). The number of benzene rings is 2. The van der Waals surface area contributed by atoms with Crippen molar-refractivity contribution in [1.29, 1.82) is 0 Å². The van der Waals surface area contributed by atoms with E-state index in [1.54, 1.807) is 16.4 Å². The molecule has 1 aliphatic rings. The summed E-state index contributed by atoms with van der Waals surface area (Å²) >= 11 is 1.60. The van der Waals surface area contributed by atoms with Gasteiger partial charge in [0.25, 0.3) is 0 Å². The molecule has 1 unspecified atom stereocenters. The fourth-order valence-corrected chi connectivity index (χ4v) is 4.47. The summed E-state index contributed by atoms with van der Waals surface area (Å²) < 4.78 is 13.6. The van der Waals surface area contributed by atoms with E-state index in [0.717, 1.165) is 29.7 Å². The van der Waals surface area contributed by atoms with E-state index < -0.39 is 6.04 Å². The van der Waals surface area contributed by atoms with E-state index >= 15 is 0 Å². The van der Waals surface area contributed by atoms with Crippen molar-refractivity contribution in [2.75, 3.05) is 17.7 Å². The van der Waals surface area contributed by atoms with Gasteiger partial charge in [0.05, 0.1) is 12.2 Å². The predicted molar refractivity (Wildman–Crippen MR) is 134 cm³/mol. The van der Waals surface area contributed by atoms with Gasteiger partial charge in [-0.15, -0.1) is 5.10 Å². The Morgan fingerprint density at radius 3 is 2.62 bits per heavy atom. The molecule has 7 nitrogen and oxygen atoms in total. The summed E-state index contributed by atoms with van der Waals surface area (Å²) in [6.07, 6.45) is 1.77. The molecular weight excluding hydrogens is 448 g/mol. The van der Waals surface area contributed by atoms with Gasteiger partial charge in [0.1, 0.15) is 18.4 Å². The molecule has 0 amide bonds. The summed E-state index contributed by atoms with van der Waals surface area (Å²) in [5, 5.41) is 8.69. The van der Waals surface area contributed by atoms with Gasteiger partial charge in [0.2, 0.25) is 11.1 Å². The third-order valence-corrected chi connectivity index (χ3v) is 6.42. The first-order valence-electron chi connectivity index (χ1n) is 11.6. The van der Waals surface area contributed by atoms with Crippen molar-refractivity contribution < 1.29 is 14.3 Å². The quantitative estimate of drug-likeness (QED) is 0.300. The highest BCUT2D eigenvalue weighted by molar-refractivity contribution is 7.99. The molecule has 8 heteroatoms. The molecule has 1 atom stereocenters. The summed E-state index contributed by atoms with van der Waals surface area (Å²) in [6, 6.07) is 17.3. The number of carbonyl (C=O) groups is 1. The third-order valence-electron chi connectivity index (χ3n) is 5.38.